The van der Waals surface area contributed by atoms with Gasteiger partial charge in [0.05, 0.1) is 4.92 Å². The Morgan fingerprint density at radius 2 is 2.11 bits per heavy atom. The van der Waals surface area contributed by atoms with E-state index < -0.39 is 22.7 Å². The van der Waals surface area contributed by atoms with Gasteiger partial charge < -0.3 is 4.74 Å². The fourth-order valence-corrected chi connectivity index (χ4v) is 1.35. The number of nitro groups is 1. The standard InChI is InChI=1S/C11H9F3NO3/c1-3-7(2)8-5-4-6-9(10(8)15(16)17)18-11(12,13)14/h3-6H,1H2,2H3. The number of hydrogen-bond acceptors (Lipinski definition) is 3. The first-order valence-corrected chi connectivity index (χ1v) is 4.75. The van der Waals surface area contributed by atoms with Crippen LogP contribution in [-0.2, 0) is 0 Å². The second-order valence-electron chi connectivity index (χ2n) is 3.34. The summed E-state index contributed by atoms with van der Waals surface area (Å²) >= 11 is 0. The molecule has 97 valence electrons. The molecule has 1 rings (SSSR count). The molecule has 0 N–H and O–H groups in total. The number of para-hydroxylation sites is 1. The summed E-state index contributed by atoms with van der Waals surface area (Å²) in [5.41, 5.74) is -0.691. The van der Waals surface area contributed by atoms with Crippen molar-refractivity contribution in [1.82, 2.24) is 0 Å². The lowest BCUT2D eigenvalue weighted by molar-refractivity contribution is -0.389. The van der Waals surface area contributed by atoms with Crippen LogP contribution in [0.25, 0.3) is 0 Å². The van der Waals surface area contributed by atoms with Gasteiger partial charge in [0.2, 0.25) is 5.75 Å². The number of allylic oxidation sites excluding steroid dienone is 1. The number of rotatable bonds is 4. The average molecular weight is 260 g/mol. The van der Waals surface area contributed by atoms with Gasteiger partial charge in [-0.15, -0.1) is 19.8 Å². The Bertz CT molecular complexity index is 471. The van der Waals surface area contributed by atoms with Crippen LogP contribution in [0.4, 0.5) is 18.9 Å². The zero-order valence-electron chi connectivity index (χ0n) is 9.32. The molecule has 0 spiro atoms. The minimum atomic E-state index is -4.98. The number of halogens is 3. The second-order valence-corrected chi connectivity index (χ2v) is 3.34. The van der Waals surface area contributed by atoms with Gasteiger partial charge in [-0.3, -0.25) is 10.1 Å². The first-order chi connectivity index (χ1) is 8.26. The predicted octanol–water partition coefficient (Wildman–Crippen LogP) is 3.62. The fourth-order valence-electron chi connectivity index (χ4n) is 1.35. The molecule has 0 saturated heterocycles. The zero-order valence-corrected chi connectivity index (χ0v) is 9.32. The van der Waals surface area contributed by atoms with Gasteiger partial charge in [0.15, 0.2) is 0 Å². The van der Waals surface area contributed by atoms with E-state index in [9.17, 15) is 23.3 Å². The van der Waals surface area contributed by atoms with Crippen molar-refractivity contribution < 1.29 is 22.8 Å². The lowest BCUT2D eigenvalue weighted by atomic mass is 9.99. The van der Waals surface area contributed by atoms with Gasteiger partial charge in [-0.05, 0) is 6.07 Å². The van der Waals surface area contributed by atoms with Crippen LogP contribution in [-0.4, -0.2) is 11.3 Å². The molecule has 0 aliphatic rings. The van der Waals surface area contributed by atoms with E-state index in [0.717, 1.165) is 6.07 Å². The van der Waals surface area contributed by atoms with Gasteiger partial charge in [0.1, 0.15) is 0 Å². The molecular weight excluding hydrogens is 251 g/mol. The molecule has 0 heterocycles. The van der Waals surface area contributed by atoms with Crippen molar-refractivity contribution in [2.45, 2.75) is 13.3 Å². The van der Waals surface area contributed by atoms with Crippen molar-refractivity contribution >= 4 is 5.69 Å². The van der Waals surface area contributed by atoms with Gasteiger partial charge in [0.25, 0.3) is 0 Å². The molecule has 0 unspecified atom stereocenters. The second kappa shape index (κ2) is 5.07. The van der Waals surface area contributed by atoms with Gasteiger partial charge in [-0.1, -0.05) is 25.1 Å². The molecule has 0 aliphatic heterocycles. The Morgan fingerprint density at radius 1 is 1.50 bits per heavy atom. The van der Waals surface area contributed by atoms with E-state index in [0.29, 0.717) is 5.92 Å². The highest BCUT2D eigenvalue weighted by Gasteiger charge is 2.35. The molecule has 0 aromatic heterocycles. The van der Waals surface area contributed by atoms with Crippen LogP contribution in [0, 0.1) is 16.0 Å². The summed E-state index contributed by atoms with van der Waals surface area (Å²) in [5, 5.41) is 10.9. The van der Waals surface area contributed by atoms with Crippen molar-refractivity contribution in [2.75, 3.05) is 0 Å². The lowest BCUT2D eigenvalue weighted by Crippen LogP contribution is -2.18. The number of ether oxygens (including phenoxy) is 1. The number of nitro benzene ring substituents is 1. The normalized spacial score (nSPS) is 11.4. The van der Waals surface area contributed by atoms with E-state index in [2.05, 4.69) is 11.3 Å². The smallest absolute Gasteiger partial charge is 0.398 e. The molecule has 18 heavy (non-hydrogen) atoms. The third kappa shape index (κ3) is 3.22. The molecule has 0 saturated carbocycles. The molecule has 7 heteroatoms. The van der Waals surface area contributed by atoms with E-state index in [-0.39, 0.29) is 5.56 Å². The number of alkyl halides is 3. The predicted molar refractivity (Wildman–Crippen MR) is 58.0 cm³/mol. The van der Waals surface area contributed by atoms with Crippen LogP contribution < -0.4 is 4.74 Å². The summed E-state index contributed by atoms with van der Waals surface area (Å²) in [6.45, 7) is 4.93. The third-order valence-corrected chi connectivity index (χ3v) is 2.14. The summed E-state index contributed by atoms with van der Waals surface area (Å²) in [4.78, 5) is 9.95. The molecule has 1 aromatic carbocycles. The van der Waals surface area contributed by atoms with Crippen LogP contribution in [0.1, 0.15) is 12.5 Å². The molecule has 1 aromatic rings. The molecule has 0 fully saturated rings. The van der Waals surface area contributed by atoms with Crippen LogP contribution in [0.3, 0.4) is 0 Å². The average Bonchev–Trinajstić information content (AvgIpc) is 2.25. The molecule has 1 radical (unpaired) electrons. The highest BCUT2D eigenvalue weighted by molar-refractivity contribution is 5.59. The third-order valence-electron chi connectivity index (χ3n) is 2.14. The largest absolute Gasteiger partial charge is 0.573 e. The van der Waals surface area contributed by atoms with E-state index >= 15 is 0 Å². The van der Waals surface area contributed by atoms with Crippen molar-refractivity contribution in [3.8, 4) is 5.75 Å². The van der Waals surface area contributed by atoms with Crippen molar-refractivity contribution in [3.63, 3.8) is 0 Å². The van der Waals surface area contributed by atoms with Crippen molar-refractivity contribution in [2.24, 2.45) is 0 Å². The molecule has 0 amide bonds. The van der Waals surface area contributed by atoms with E-state index in [4.69, 9.17) is 0 Å². The first kappa shape index (κ1) is 14.0. The topological polar surface area (TPSA) is 52.4 Å². The number of hydrogen-bond donors (Lipinski definition) is 0. The summed E-state index contributed by atoms with van der Waals surface area (Å²) in [7, 11) is 0. The van der Waals surface area contributed by atoms with Crippen LogP contribution >= 0.6 is 0 Å². The van der Waals surface area contributed by atoms with Crippen LogP contribution in [0.15, 0.2) is 30.9 Å². The van der Waals surface area contributed by atoms with Crippen LogP contribution in [0.5, 0.6) is 5.75 Å². The SMILES string of the molecule is C=C[C](C)c1cccc(OC(F)(F)F)c1[N+](=O)[O-]. The highest BCUT2D eigenvalue weighted by Crippen LogP contribution is 2.37. The Balaban J connectivity index is 3.35. The fraction of sp³-hybridized carbons (Fsp3) is 0.182. The van der Waals surface area contributed by atoms with Gasteiger partial charge in [0, 0.05) is 11.5 Å². The lowest BCUT2D eigenvalue weighted by Gasteiger charge is -2.12. The quantitative estimate of drug-likeness (QED) is 0.613. The van der Waals surface area contributed by atoms with Crippen molar-refractivity contribution in [1.29, 1.82) is 0 Å². The highest BCUT2D eigenvalue weighted by atomic mass is 19.4. The van der Waals surface area contributed by atoms with E-state index in [1.165, 1.54) is 25.1 Å². The molecule has 0 aliphatic carbocycles. The maximum absolute atomic E-state index is 12.1. The minimum Gasteiger partial charge on any atom is -0.398 e. The monoisotopic (exact) mass is 260 g/mol. The Hall–Kier alpha value is -2.05. The van der Waals surface area contributed by atoms with Gasteiger partial charge >= 0.3 is 12.0 Å². The zero-order chi connectivity index (χ0) is 13.9. The number of benzene rings is 1. The van der Waals surface area contributed by atoms with E-state index in [1.54, 1.807) is 0 Å². The maximum Gasteiger partial charge on any atom is 0.573 e. The van der Waals surface area contributed by atoms with Crippen molar-refractivity contribution in [3.05, 3.63) is 52.4 Å². The Morgan fingerprint density at radius 3 is 2.56 bits per heavy atom. The first-order valence-electron chi connectivity index (χ1n) is 4.75. The molecule has 0 atom stereocenters. The summed E-state index contributed by atoms with van der Waals surface area (Å²) < 4.78 is 40.0. The minimum absolute atomic E-state index is 0.0387. The summed E-state index contributed by atoms with van der Waals surface area (Å²) in [6, 6.07) is 3.47. The van der Waals surface area contributed by atoms with Gasteiger partial charge in [-0.25, -0.2) is 0 Å². The van der Waals surface area contributed by atoms with Gasteiger partial charge in [-0.2, -0.15) is 0 Å². The Kier molecular flexibility index (Phi) is 3.95. The molecular formula is C11H9F3NO3. The molecule has 4 nitrogen and oxygen atoms in total. The number of nitrogens with zero attached hydrogens (tertiary/aromatic N) is 1. The summed E-state index contributed by atoms with van der Waals surface area (Å²) in [6.07, 6.45) is -3.66. The Labute approximate surface area is 101 Å². The summed E-state index contributed by atoms with van der Waals surface area (Å²) in [5.74, 6) is -0.458. The molecule has 0 bridgehead atoms. The maximum atomic E-state index is 12.1. The van der Waals surface area contributed by atoms with Crippen LogP contribution in [0.2, 0.25) is 0 Å². The van der Waals surface area contributed by atoms with E-state index in [1.807, 2.05) is 0 Å².